The lowest BCUT2D eigenvalue weighted by molar-refractivity contribution is -0.385. The molecule has 2 atom stereocenters. The first-order valence-corrected chi connectivity index (χ1v) is 12.7. The summed E-state index contributed by atoms with van der Waals surface area (Å²) in [6.07, 6.45) is 2.92. The Labute approximate surface area is 217 Å². The summed E-state index contributed by atoms with van der Waals surface area (Å²) in [7, 11) is 0. The fourth-order valence-electron chi connectivity index (χ4n) is 3.88. The maximum absolute atomic E-state index is 12.9. The van der Waals surface area contributed by atoms with Gasteiger partial charge in [-0.2, -0.15) is 0 Å². The molecule has 3 aromatic rings. The Kier molecular flexibility index (Phi) is 9.38. The van der Waals surface area contributed by atoms with E-state index in [9.17, 15) is 14.9 Å². The highest BCUT2D eigenvalue weighted by molar-refractivity contribution is 7.17. The van der Waals surface area contributed by atoms with E-state index in [-0.39, 0.29) is 49.6 Å². The summed E-state index contributed by atoms with van der Waals surface area (Å²) in [5, 5.41) is 28.7. The fraction of sp³-hybridized carbons (Fsp3) is 0.360. The van der Waals surface area contributed by atoms with E-state index in [1.807, 2.05) is 18.2 Å². The summed E-state index contributed by atoms with van der Waals surface area (Å²) in [4.78, 5) is 27.2. The van der Waals surface area contributed by atoms with Gasteiger partial charge in [-0.3, -0.25) is 14.9 Å². The highest BCUT2D eigenvalue weighted by Crippen LogP contribution is 2.38. The lowest BCUT2D eigenvalue weighted by Crippen LogP contribution is -2.35. The van der Waals surface area contributed by atoms with Gasteiger partial charge < -0.3 is 30.0 Å². The van der Waals surface area contributed by atoms with E-state index < -0.39 is 11.2 Å². The number of pyridine rings is 1. The number of anilines is 1. The van der Waals surface area contributed by atoms with Crippen LogP contribution in [0.3, 0.4) is 0 Å². The number of allylic oxidation sites excluding steroid dienone is 1. The number of carbonyl (C=O) groups excluding carboxylic acids is 1. The molecule has 196 valence electrons. The normalized spacial score (nSPS) is 17.2. The Balaban J connectivity index is 1.37. The smallest absolute Gasteiger partial charge is 0.287 e. The van der Waals surface area contributed by atoms with Gasteiger partial charge in [0.2, 0.25) is 6.29 Å². The lowest BCUT2D eigenvalue weighted by Gasteiger charge is -2.29. The van der Waals surface area contributed by atoms with Gasteiger partial charge in [-0.15, -0.1) is 11.3 Å². The van der Waals surface area contributed by atoms with Gasteiger partial charge in [0.1, 0.15) is 12.0 Å². The molecule has 12 heteroatoms. The Morgan fingerprint density at radius 2 is 2.08 bits per heavy atom. The molecule has 0 saturated heterocycles. The average Bonchev–Trinajstić information content (AvgIpc) is 3.35. The lowest BCUT2D eigenvalue weighted by atomic mass is 9.92. The maximum atomic E-state index is 12.9. The van der Waals surface area contributed by atoms with E-state index in [0.717, 1.165) is 10.9 Å². The molecular formula is C25H28N4O7S. The van der Waals surface area contributed by atoms with Crippen molar-refractivity contribution >= 4 is 38.8 Å². The number of hydrogen-bond acceptors (Lipinski definition) is 10. The molecule has 0 saturated carbocycles. The molecule has 3 N–H and O–H groups in total. The van der Waals surface area contributed by atoms with Crippen molar-refractivity contribution in [3.63, 3.8) is 0 Å². The molecule has 1 aliphatic rings. The standard InChI is InChI=1S/C25H28N4O7S/c30-9-10-34-11-12-35-24-14-17(20-16-37-22-4-2-1-3-19(20)22)13-21(36-24)25(31)27-8-7-26-23-6-5-18(15-28-23)29(32)33/h1-6,13,15-17,24,30H,7-12,14H2,(H,26,28)(H,27,31)/t17-,24+/m0/s1. The van der Waals surface area contributed by atoms with Crippen molar-refractivity contribution in [3.05, 3.63) is 75.5 Å². The van der Waals surface area contributed by atoms with Gasteiger partial charge in [-0.25, -0.2) is 4.98 Å². The van der Waals surface area contributed by atoms with Gasteiger partial charge in [-0.1, -0.05) is 18.2 Å². The Morgan fingerprint density at radius 1 is 1.22 bits per heavy atom. The third-order valence-corrected chi connectivity index (χ3v) is 6.62. The zero-order valence-electron chi connectivity index (χ0n) is 20.0. The Hall–Kier alpha value is -3.58. The summed E-state index contributed by atoms with van der Waals surface area (Å²) in [6.45, 7) is 1.39. The van der Waals surface area contributed by atoms with E-state index in [2.05, 4.69) is 33.1 Å². The first kappa shape index (κ1) is 26.5. The van der Waals surface area contributed by atoms with Gasteiger partial charge in [0.15, 0.2) is 5.76 Å². The molecule has 1 aromatic carbocycles. The summed E-state index contributed by atoms with van der Waals surface area (Å²) >= 11 is 1.66. The van der Waals surface area contributed by atoms with Crippen molar-refractivity contribution in [1.82, 2.24) is 10.3 Å². The molecule has 0 aliphatic carbocycles. The number of nitrogens with zero attached hydrogens (tertiary/aromatic N) is 2. The zero-order valence-corrected chi connectivity index (χ0v) is 20.8. The largest absolute Gasteiger partial charge is 0.459 e. The van der Waals surface area contributed by atoms with Crippen molar-refractivity contribution < 1.29 is 29.0 Å². The second kappa shape index (κ2) is 13.1. The summed E-state index contributed by atoms with van der Waals surface area (Å²) in [5.74, 6) is 0.208. The number of amides is 1. The number of hydrogen-bond donors (Lipinski definition) is 3. The number of benzene rings is 1. The van der Waals surface area contributed by atoms with Crippen LogP contribution in [0.15, 0.2) is 59.8 Å². The van der Waals surface area contributed by atoms with E-state index in [1.165, 1.54) is 23.0 Å². The average molecular weight is 529 g/mol. The number of aromatic nitrogens is 1. The number of aliphatic hydroxyl groups excluding tert-OH is 1. The molecule has 37 heavy (non-hydrogen) atoms. The second-order valence-electron chi connectivity index (χ2n) is 8.16. The molecule has 2 aromatic heterocycles. The van der Waals surface area contributed by atoms with Crippen LogP contribution in [0.2, 0.25) is 0 Å². The molecule has 1 amide bonds. The molecule has 3 heterocycles. The molecule has 4 rings (SSSR count). The van der Waals surface area contributed by atoms with Crippen molar-refractivity contribution in [2.24, 2.45) is 0 Å². The van der Waals surface area contributed by atoms with Crippen LogP contribution >= 0.6 is 11.3 Å². The molecule has 0 fully saturated rings. The molecule has 1 aliphatic heterocycles. The second-order valence-corrected chi connectivity index (χ2v) is 9.07. The Morgan fingerprint density at radius 3 is 2.86 bits per heavy atom. The van der Waals surface area contributed by atoms with Crippen LogP contribution in [0, 0.1) is 10.1 Å². The minimum atomic E-state index is -0.630. The van der Waals surface area contributed by atoms with Gasteiger partial charge in [0.25, 0.3) is 11.6 Å². The third kappa shape index (κ3) is 7.23. The molecule has 0 unspecified atom stereocenters. The van der Waals surface area contributed by atoms with Crippen molar-refractivity contribution in [2.45, 2.75) is 18.6 Å². The van der Waals surface area contributed by atoms with Crippen molar-refractivity contribution in [3.8, 4) is 0 Å². The van der Waals surface area contributed by atoms with Crippen LogP contribution in [0.4, 0.5) is 11.5 Å². The van der Waals surface area contributed by atoms with Gasteiger partial charge in [0, 0.05) is 36.2 Å². The number of nitrogens with one attached hydrogen (secondary N) is 2. The monoisotopic (exact) mass is 528 g/mol. The number of fused-ring (bicyclic) bond motifs is 1. The SMILES string of the molecule is O=C(NCCNc1ccc([N+](=O)[O-])cn1)C1=C[C@H](c2csc3ccccc23)C[C@H](OCCOCCO)O1. The highest BCUT2D eigenvalue weighted by atomic mass is 32.1. The Bertz CT molecular complexity index is 1230. The topological polar surface area (TPSA) is 145 Å². The summed E-state index contributed by atoms with van der Waals surface area (Å²) in [5.41, 5.74) is 1.02. The number of aliphatic hydroxyl groups is 1. The van der Waals surface area contributed by atoms with Crippen molar-refractivity contribution in [1.29, 1.82) is 0 Å². The number of rotatable bonds is 13. The molecule has 11 nitrogen and oxygen atoms in total. The van der Waals surface area contributed by atoms with Gasteiger partial charge in [-0.05, 0) is 34.5 Å². The minimum absolute atomic E-state index is 0.0601. The summed E-state index contributed by atoms with van der Waals surface area (Å²) in [6, 6.07) is 11.0. The van der Waals surface area contributed by atoms with Crippen LogP contribution in [0.1, 0.15) is 17.9 Å². The van der Waals surface area contributed by atoms with E-state index in [1.54, 1.807) is 11.3 Å². The maximum Gasteiger partial charge on any atom is 0.287 e. The van der Waals surface area contributed by atoms with E-state index in [4.69, 9.17) is 19.3 Å². The molecule has 0 radical (unpaired) electrons. The first-order valence-electron chi connectivity index (χ1n) is 11.8. The van der Waals surface area contributed by atoms with Crippen LogP contribution < -0.4 is 10.6 Å². The molecule has 0 spiro atoms. The third-order valence-electron chi connectivity index (χ3n) is 5.63. The van der Waals surface area contributed by atoms with Crippen LogP contribution in [-0.4, -0.2) is 66.7 Å². The quantitative estimate of drug-likeness (QED) is 0.173. The van der Waals surface area contributed by atoms with Crippen LogP contribution in [0.25, 0.3) is 10.1 Å². The fourth-order valence-corrected chi connectivity index (χ4v) is 4.90. The highest BCUT2D eigenvalue weighted by Gasteiger charge is 2.30. The van der Waals surface area contributed by atoms with Gasteiger partial charge in [0.05, 0.1) is 31.4 Å². The molecular weight excluding hydrogens is 500 g/mol. The number of carbonyl (C=O) groups is 1. The zero-order chi connectivity index (χ0) is 26.0. The first-order chi connectivity index (χ1) is 18.0. The number of thiophene rings is 1. The summed E-state index contributed by atoms with van der Waals surface area (Å²) < 4.78 is 18.1. The van der Waals surface area contributed by atoms with Crippen LogP contribution in [0.5, 0.6) is 0 Å². The van der Waals surface area contributed by atoms with E-state index in [0.29, 0.717) is 25.4 Å². The molecule has 0 bridgehead atoms. The van der Waals surface area contributed by atoms with E-state index >= 15 is 0 Å². The predicted molar refractivity (Wildman–Crippen MR) is 138 cm³/mol. The predicted octanol–water partition coefficient (Wildman–Crippen LogP) is 3.17. The number of ether oxygens (including phenoxy) is 3. The van der Waals surface area contributed by atoms with Gasteiger partial charge >= 0.3 is 0 Å². The minimum Gasteiger partial charge on any atom is -0.459 e. The van der Waals surface area contributed by atoms with Crippen LogP contribution in [-0.2, 0) is 19.0 Å². The number of nitro groups is 1. The van der Waals surface area contributed by atoms with Crippen molar-refractivity contribution in [2.75, 3.05) is 44.8 Å².